The Hall–Kier alpha value is -2.79. The van der Waals surface area contributed by atoms with E-state index in [4.69, 9.17) is 20.9 Å². The summed E-state index contributed by atoms with van der Waals surface area (Å²) in [5, 5.41) is 7.37. The third-order valence-corrected chi connectivity index (χ3v) is 3.86. The van der Waals surface area contributed by atoms with Crippen LogP contribution in [0.15, 0.2) is 59.1 Å². The summed E-state index contributed by atoms with van der Waals surface area (Å²) >= 11 is 5.87. The Morgan fingerprint density at radius 1 is 1.20 bits per heavy atom. The van der Waals surface area contributed by atoms with Gasteiger partial charge < -0.3 is 14.6 Å². The molecule has 6 heteroatoms. The molecule has 25 heavy (non-hydrogen) atoms. The van der Waals surface area contributed by atoms with Gasteiger partial charge in [-0.05, 0) is 42.8 Å². The largest absolute Gasteiger partial charge is 0.484 e. The fourth-order valence-corrected chi connectivity index (χ4v) is 2.37. The van der Waals surface area contributed by atoms with E-state index in [-0.39, 0.29) is 19.1 Å². The maximum atomic E-state index is 11.9. The normalized spacial score (nSPS) is 10.5. The summed E-state index contributed by atoms with van der Waals surface area (Å²) in [7, 11) is 0. The van der Waals surface area contributed by atoms with E-state index in [9.17, 15) is 4.79 Å². The molecule has 0 spiro atoms. The number of rotatable bonds is 6. The number of hydrogen-bond acceptors (Lipinski definition) is 4. The number of aryl methyl sites for hydroxylation is 1. The van der Waals surface area contributed by atoms with Crippen molar-refractivity contribution in [3.8, 4) is 17.1 Å². The second-order valence-corrected chi connectivity index (χ2v) is 5.96. The average molecular weight is 357 g/mol. The number of nitrogens with one attached hydrogen (secondary N) is 1. The summed E-state index contributed by atoms with van der Waals surface area (Å²) in [5.41, 5.74) is 2.49. The molecule has 1 heterocycles. The quantitative estimate of drug-likeness (QED) is 0.725. The molecular weight excluding hydrogens is 340 g/mol. The third kappa shape index (κ3) is 4.61. The monoisotopic (exact) mass is 356 g/mol. The molecule has 0 saturated heterocycles. The lowest BCUT2D eigenvalue weighted by molar-refractivity contribution is -0.123. The maximum absolute atomic E-state index is 11.9. The van der Waals surface area contributed by atoms with E-state index in [2.05, 4.69) is 10.5 Å². The first-order valence-corrected chi connectivity index (χ1v) is 8.16. The number of halogens is 1. The molecule has 0 atom stereocenters. The number of hydrogen-bond donors (Lipinski definition) is 1. The average Bonchev–Trinajstić information content (AvgIpc) is 3.09. The van der Waals surface area contributed by atoms with E-state index >= 15 is 0 Å². The van der Waals surface area contributed by atoms with Crippen molar-refractivity contribution in [2.24, 2.45) is 0 Å². The van der Waals surface area contributed by atoms with Crippen molar-refractivity contribution in [1.82, 2.24) is 10.5 Å². The van der Waals surface area contributed by atoms with Crippen LogP contribution in [0.25, 0.3) is 11.3 Å². The molecule has 0 aliphatic rings. The van der Waals surface area contributed by atoms with Crippen LogP contribution in [0.5, 0.6) is 5.75 Å². The van der Waals surface area contributed by atoms with Crippen molar-refractivity contribution in [1.29, 1.82) is 0 Å². The van der Waals surface area contributed by atoms with Gasteiger partial charge >= 0.3 is 0 Å². The number of carbonyl (C=O) groups is 1. The fraction of sp³-hybridized carbons (Fsp3) is 0.158. The van der Waals surface area contributed by atoms with Crippen LogP contribution in [0.1, 0.15) is 11.3 Å². The summed E-state index contributed by atoms with van der Waals surface area (Å²) in [6.07, 6.45) is 0. The van der Waals surface area contributed by atoms with Gasteiger partial charge in [0.15, 0.2) is 12.4 Å². The summed E-state index contributed by atoms with van der Waals surface area (Å²) in [6, 6.07) is 16.6. The standard InChI is InChI=1S/C19H17ClN2O3/c1-13-4-2-3-5-17(13)24-12-19(23)21-11-16-10-18(25-22-16)14-6-8-15(20)9-7-14/h2-10H,11-12H2,1H3,(H,21,23). The van der Waals surface area contributed by atoms with Crippen LogP contribution in [0, 0.1) is 6.92 Å². The first-order chi connectivity index (χ1) is 12.1. The molecule has 0 fully saturated rings. The number of nitrogens with zero attached hydrogens (tertiary/aromatic N) is 1. The van der Waals surface area contributed by atoms with Gasteiger partial charge in [-0.3, -0.25) is 4.79 Å². The zero-order valence-corrected chi connectivity index (χ0v) is 14.4. The van der Waals surface area contributed by atoms with Gasteiger partial charge in [0.1, 0.15) is 11.4 Å². The van der Waals surface area contributed by atoms with E-state index in [0.29, 0.717) is 22.2 Å². The minimum Gasteiger partial charge on any atom is -0.484 e. The molecule has 128 valence electrons. The van der Waals surface area contributed by atoms with E-state index in [1.165, 1.54) is 0 Å². The molecule has 0 unspecified atom stereocenters. The second kappa shape index (κ2) is 7.85. The molecule has 1 aromatic heterocycles. The van der Waals surface area contributed by atoms with Crippen molar-refractivity contribution >= 4 is 17.5 Å². The van der Waals surface area contributed by atoms with Gasteiger partial charge in [-0.1, -0.05) is 35.0 Å². The van der Waals surface area contributed by atoms with Crippen molar-refractivity contribution in [3.63, 3.8) is 0 Å². The lowest BCUT2D eigenvalue weighted by atomic mass is 10.1. The number of ether oxygens (including phenoxy) is 1. The number of carbonyl (C=O) groups excluding carboxylic acids is 1. The summed E-state index contributed by atoms with van der Waals surface area (Å²) in [5.74, 6) is 1.10. The lowest BCUT2D eigenvalue weighted by Crippen LogP contribution is -2.28. The van der Waals surface area contributed by atoms with Crippen molar-refractivity contribution in [3.05, 3.63) is 70.9 Å². The van der Waals surface area contributed by atoms with Crippen LogP contribution in [0.4, 0.5) is 0 Å². The van der Waals surface area contributed by atoms with E-state index in [0.717, 1.165) is 11.1 Å². The highest BCUT2D eigenvalue weighted by Crippen LogP contribution is 2.22. The minimum absolute atomic E-state index is 0.0489. The Balaban J connectivity index is 1.51. The Morgan fingerprint density at radius 3 is 2.72 bits per heavy atom. The molecular formula is C19H17ClN2O3. The Labute approximate surface area is 150 Å². The van der Waals surface area contributed by atoms with Gasteiger partial charge in [0, 0.05) is 16.7 Å². The third-order valence-electron chi connectivity index (χ3n) is 3.61. The van der Waals surface area contributed by atoms with Gasteiger partial charge in [0.2, 0.25) is 0 Å². The molecule has 1 amide bonds. The van der Waals surface area contributed by atoms with Crippen LogP contribution in [-0.4, -0.2) is 17.7 Å². The number of benzene rings is 2. The minimum atomic E-state index is -0.223. The van der Waals surface area contributed by atoms with Crippen LogP contribution in [-0.2, 0) is 11.3 Å². The van der Waals surface area contributed by atoms with Crippen molar-refractivity contribution < 1.29 is 14.1 Å². The topological polar surface area (TPSA) is 64.4 Å². The number of para-hydroxylation sites is 1. The summed E-state index contributed by atoms with van der Waals surface area (Å²) in [6.45, 7) is 2.15. The zero-order chi connectivity index (χ0) is 17.6. The highest BCUT2D eigenvalue weighted by molar-refractivity contribution is 6.30. The van der Waals surface area contributed by atoms with Gasteiger partial charge in [-0.2, -0.15) is 0 Å². The second-order valence-electron chi connectivity index (χ2n) is 5.52. The Morgan fingerprint density at radius 2 is 1.96 bits per heavy atom. The van der Waals surface area contributed by atoms with Crippen molar-refractivity contribution in [2.45, 2.75) is 13.5 Å². The number of aromatic nitrogens is 1. The molecule has 0 bridgehead atoms. The Bertz CT molecular complexity index is 859. The van der Waals surface area contributed by atoms with E-state index in [1.807, 2.05) is 43.3 Å². The van der Waals surface area contributed by atoms with Crippen LogP contribution >= 0.6 is 11.6 Å². The molecule has 0 saturated carbocycles. The molecule has 0 aliphatic heterocycles. The molecule has 3 aromatic rings. The summed E-state index contributed by atoms with van der Waals surface area (Å²) < 4.78 is 10.8. The van der Waals surface area contributed by atoms with Crippen LogP contribution in [0.3, 0.4) is 0 Å². The molecule has 0 aliphatic carbocycles. The van der Waals surface area contributed by atoms with Gasteiger partial charge in [0.05, 0.1) is 6.54 Å². The van der Waals surface area contributed by atoms with Gasteiger partial charge in [-0.15, -0.1) is 0 Å². The van der Waals surface area contributed by atoms with Crippen LogP contribution in [0.2, 0.25) is 5.02 Å². The first-order valence-electron chi connectivity index (χ1n) is 7.78. The van der Waals surface area contributed by atoms with Gasteiger partial charge in [-0.25, -0.2) is 0 Å². The van der Waals surface area contributed by atoms with E-state index in [1.54, 1.807) is 18.2 Å². The Kier molecular flexibility index (Phi) is 5.36. The highest BCUT2D eigenvalue weighted by Gasteiger charge is 2.09. The van der Waals surface area contributed by atoms with Crippen LogP contribution < -0.4 is 10.1 Å². The van der Waals surface area contributed by atoms with E-state index < -0.39 is 0 Å². The first kappa shape index (κ1) is 17.0. The van der Waals surface area contributed by atoms with Crippen molar-refractivity contribution in [2.75, 3.05) is 6.61 Å². The molecule has 1 N–H and O–H groups in total. The predicted molar refractivity (Wildman–Crippen MR) is 95.5 cm³/mol. The fourth-order valence-electron chi connectivity index (χ4n) is 2.25. The molecule has 5 nitrogen and oxygen atoms in total. The predicted octanol–water partition coefficient (Wildman–Crippen LogP) is 4.00. The zero-order valence-electron chi connectivity index (χ0n) is 13.7. The SMILES string of the molecule is Cc1ccccc1OCC(=O)NCc1cc(-c2ccc(Cl)cc2)on1. The smallest absolute Gasteiger partial charge is 0.258 e. The van der Waals surface area contributed by atoms with Gasteiger partial charge in [0.25, 0.3) is 5.91 Å². The number of amides is 1. The lowest BCUT2D eigenvalue weighted by Gasteiger charge is -2.08. The summed E-state index contributed by atoms with van der Waals surface area (Å²) in [4.78, 5) is 11.9. The molecule has 0 radical (unpaired) electrons. The highest BCUT2D eigenvalue weighted by atomic mass is 35.5. The maximum Gasteiger partial charge on any atom is 0.258 e. The molecule has 2 aromatic carbocycles. The molecule has 3 rings (SSSR count).